The molecule has 0 fully saturated rings. The SMILES string of the molecule is CC(C)n1cc(C(=O)c2cncc(NC(=O)Cc3ccc4nnnn4n3)c2)c2cncnc21. The van der Waals surface area contributed by atoms with E-state index in [0.29, 0.717) is 39.2 Å². The zero-order chi connectivity index (χ0) is 22.9. The summed E-state index contributed by atoms with van der Waals surface area (Å²) < 4.78 is 3.18. The summed E-state index contributed by atoms with van der Waals surface area (Å²) in [6, 6.07) is 5.06. The summed E-state index contributed by atoms with van der Waals surface area (Å²) in [5.41, 5.74) is 2.88. The molecule has 0 aliphatic rings. The van der Waals surface area contributed by atoms with Crippen molar-refractivity contribution in [3.8, 4) is 0 Å². The maximum atomic E-state index is 13.3. The second-order valence-corrected chi connectivity index (χ2v) is 7.67. The van der Waals surface area contributed by atoms with E-state index in [1.54, 1.807) is 30.6 Å². The monoisotopic (exact) mass is 442 g/mol. The molecule has 0 saturated heterocycles. The van der Waals surface area contributed by atoms with Crippen LogP contribution in [0.4, 0.5) is 5.69 Å². The molecular formula is C21H18N10O2. The fourth-order valence-electron chi connectivity index (χ4n) is 3.50. The molecule has 0 aliphatic heterocycles. The maximum Gasteiger partial charge on any atom is 0.230 e. The van der Waals surface area contributed by atoms with Crippen molar-refractivity contribution in [3.63, 3.8) is 0 Å². The number of tetrazole rings is 1. The van der Waals surface area contributed by atoms with E-state index >= 15 is 0 Å². The van der Waals surface area contributed by atoms with Gasteiger partial charge in [0, 0.05) is 35.6 Å². The van der Waals surface area contributed by atoms with E-state index in [0.717, 1.165) is 0 Å². The van der Waals surface area contributed by atoms with Crippen molar-refractivity contribution in [1.29, 1.82) is 0 Å². The lowest BCUT2D eigenvalue weighted by molar-refractivity contribution is -0.115. The minimum atomic E-state index is -0.314. The Labute approximate surface area is 186 Å². The van der Waals surface area contributed by atoms with Crippen molar-refractivity contribution >= 4 is 34.1 Å². The lowest BCUT2D eigenvalue weighted by atomic mass is 10.1. The quantitative estimate of drug-likeness (QED) is 0.388. The highest BCUT2D eigenvalue weighted by atomic mass is 16.1. The second-order valence-electron chi connectivity index (χ2n) is 7.67. The molecule has 5 heterocycles. The summed E-state index contributed by atoms with van der Waals surface area (Å²) in [7, 11) is 0. The van der Waals surface area contributed by atoms with E-state index in [9.17, 15) is 9.59 Å². The highest BCUT2D eigenvalue weighted by Gasteiger charge is 2.20. The Balaban J connectivity index is 1.37. The molecule has 1 amide bonds. The number of fused-ring (bicyclic) bond motifs is 2. The first kappa shape index (κ1) is 20.3. The third kappa shape index (κ3) is 3.89. The molecule has 0 spiro atoms. The molecule has 0 bridgehead atoms. The summed E-state index contributed by atoms with van der Waals surface area (Å²) >= 11 is 0. The molecule has 0 radical (unpaired) electrons. The van der Waals surface area contributed by atoms with Crippen LogP contribution in [0, 0.1) is 0 Å². The van der Waals surface area contributed by atoms with Crippen LogP contribution < -0.4 is 5.32 Å². The zero-order valence-corrected chi connectivity index (χ0v) is 17.7. The highest BCUT2D eigenvalue weighted by molar-refractivity contribution is 6.16. The molecule has 12 nitrogen and oxygen atoms in total. The Kier molecular flexibility index (Phi) is 5.01. The number of carbonyl (C=O) groups is 2. The van der Waals surface area contributed by atoms with Crippen LogP contribution in [0.3, 0.4) is 0 Å². The first-order chi connectivity index (χ1) is 16.0. The van der Waals surface area contributed by atoms with Crippen LogP contribution in [-0.4, -0.2) is 56.5 Å². The normalized spacial score (nSPS) is 11.4. The van der Waals surface area contributed by atoms with Gasteiger partial charge in [-0.15, -0.1) is 9.73 Å². The molecule has 0 atom stereocenters. The van der Waals surface area contributed by atoms with Crippen LogP contribution in [0.2, 0.25) is 0 Å². The Morgan fingerprint density at radius 2 is 2.00 bits per heavy atom. The van der Waals surface area contributed by atoms with Crippen LogP contribution in [0.15, 0.2) is 49.3 Å². The second kappa shape index (κ2) is 8.15. The standard InChI is InChI=1S/C21H18N10O2/c1-12(2)30-10-17(16-9-23-11-24-21(16)30)20(33)13-5-15(8-22-7-13)25-19(32)6-14-3-4-18-26-28-29-31(18)27-14/h3-5,7-12H,6H2,1-2H3,(H,25,32). The summed E-state index contributed by atoms with van der Waals surface area (Å²) in [6.07, 6.45) is 7.81. The van der Waals surface area contributed by atoms with Crippen LogP contribution in [0.25, 0.3) is 16.7 Å². The third-order valence-electron chi connectivity index (χ3n) is 5.05. The number of aromatic nitrogens is 9. The minimum absolute atomic E-state index is 0.00713. The molecule has 12 heteroatoms. The van der Waals surface area contributed by atoms with Gasteiger partial charge in [-0.05, 0) is 42.5 Å². The summed E-state index contributed by atoms with van der Waals surface area (Å²) in [4.78, 5) is 38.3. The Hall–Kier alpha value is -4.61. The average molecular weight is 442 g/mol. The summed E-state index contributed by atoms with van der Waals surface area (Å²) in [5.74, 6) is -0.547. The molecule has 1 N–H and O–H groups in total. The van der Waals surface area contributed by atoms with Gasteiger partial charge >= 0.3 is 0 Å². The van der Waals surface area contributed by atoms with E-state index in [4.69, 9.17) is 0 Å². The average Bonchev–Trinajstić information content (AvgIpc) is 3.43. The number of nitrogens with one attached hydrogen (secondary N) is 1. The van der Waals surface area contributed by atoms with Crippen LogP contribution in [0.5, 0.6) is 0 Å². The minimum Gasteiger partial charge on any atom is -0.329 e. The Bertz CT molecular complexity index is 1500. The number of hydrogen-bond donors (Lipinski definition) is 1. The van der Waals surface area contributed by atoms with Gasteiger partial charge in [0.25, 0.3) is 0 Å². The maximum absolute atomic E-state index is 13.3. The molecule has 164 valence electrons. The van der Waals surface area contributed by atoms with E-state index in [1.165, 1.54) is 23.4 Å². The van der Waals surface area contributed by atoms with Gasteiger partial charge in [-0.2, -0.15) is 5.10 Å². The predicted molar refractivity (Wildman–Crippen MR) is 116 cm³/mol. The van der Waals surface area contributed by atoms with Crippen LogP contribution in [0.1, 0.15) is 41.5 Å². The summed E-state index contributed by atoms with van der Waals surface area (Å²) in [5, 5.41) is 18.6. The van der Waals surface area contributed by atoms with Crippen molar-refractivity contribution in [2.45, 2.75) is 26.3 Å². The van der Waals surface area contributed by atoms with Gasteiger partial charge in [-0.1, -0.05) is 0 Å². The third-order valence-corrected chi connectivity index (χ3v) is 5.05. The smallest absolute Gasteiger partial charge is 0.230 e. The van der Waals surface area contributed by atoms with Crippen molar-refractivity contribution in [3.05, 3.63) is 66.1 Å². The van der Waals surface area contributed by atoms with Gasteiger partial charge in [-0.25, -0.2) is 9.97 Å². The fourth-order valence-corrected chi connectivity index (χ4v) is 3.50. The number of anilines is 1. The van der Waals surface area contributed by atoms with E-state index in [1.807, 2.05) is 18.4 Å². The number of nitrogens with zero attached hydrogens (tertiary/aromatic N) is 9. The highest BCUT2D eigenvalue weighted by Crippen LogP contribution is 2.25. The summed E-state index contributed by atoms with van der Waals surface area (Å²) in [6.45, 7) is 4.03. The number of hydrogen-bond acceptors (Lipinski definition) is 9. The predicted octanol–water partition coefficient (Wildman–Crippen LogP) is 1.65. The van der Waals surface area contributed by atoms with Gasteiger partial charge in [-0.3, -0.25) is 14.6 Å². The molecule has 5 aromatic rings. The van der Waals surface area contributed by atoms with Crippen molar-refractivity contribution in [2.75, 3.05) is 5.32 Å². The van der Waals surface area contributed by atoms with Crippen molar-refractivity contribution in [1.82, 2.24) is 44.8 Å². The van der Waals surface area contributed by atoms with Gasteiger partial charge in [0.1, 0.15) is 12.0 Å². The van der Waals surface area contributed by atoms with E-state index < -0.39 is 0 Å². The zero-order valence-electron chi connectivity index (χ0n) is 17.7. The first-order valence-corrected chi connectivity index (χ1v) is 10.1. The van der Waals surface area contributed by atoms with Crippen LogP contribution >= 0.6 is 0 Å². The molecule has 5 rings (SSSR count). The van der Waals surface area contributed by atoms with Gasteiger partial charge in [0.15, 0.2) is 11.4 Å². The number of pyridine rings is 1. The molecule has 0 unspecified atom stereocenters. The number of ketones is 1. The van der Waals surface area contributed by atoms with Gasteiger partial charge in [0.05, 0.1) is 29.6 Å². The molecule has 0 aliphatic carbocycles. The number of carbonyl (C=O) groups excluding carboxylic acids is 2. The lowest BCUT2D eigenvalue weighted by Crippen LogP contribution is -2.16. The van der Waals surface area contributed by atoms with Crippen LogP contribution in [-0.2, 0) is 11.2 Å². The van der Waals surface area contributed by atoms with Crippen molar-refractivity contribution in [2.24, 2.45) is 0 Å². The van der Waals surface area contributed by atoms with Gasteiger partial charge in [0.2, 0.25) is 5.91 Å². The lowest BCUT2D eigenvalue weighted by Gasteiger charge is -2.07. The van der Waals surface area contributed by atoms with E-state index in [2.05, 4.69) is 40.9 Å². The topological polar surface area (TPSA) is 146 Å². The molecule has 0 aromatic carbocycles. The van der Waals surface area contributed by atoms with Gasteiger partial charge < -0.3 is 9.88 Å². The molecule has 33 heavy (non-hydrogen) atoms. The molecule has 5 aromatic heterocycles. The fraction of sp³-hybridized carbons (Fsp3) is 0.190. The number of amides is 1. The largest absolute Gasteiger partial charge is 0.329 e. The molecule has 0 saturated carbocycles. The number of rotatable bonds is 6. The Morgan fingerprint density at radius 1 is 1.12 bits per heavy atom. The molecular weight excluding hydrogens is 424 g/mol. The Morgan fingerprint density at radius 3 is 2.85 bits per heavy atom. The first-order valence-electron chi connectivity index (χ1n) is 10.1. The van der Waals surface area contributed by atoms with Crippen molar-refractivity contribution < 1.29 is 9.59 Å². The van der Waals surface area contributed by atoms with E-state index in [-0.39, 0.29) is 24.2 Å².